The van der Waals surface area contributed by atoms with E-state index in [0.717, 1.165) is 24.7 Å². The van der Waals surface area contributed by atoms with E-state index < -0.39 is 0 Å². The molecule has 0 radical (unpaired) electrons. The molecule has 0 amide bonds. The summed E-state index contributed by atoms with van der Waals surface area (Å²) in [5.41, 5.74) is 9.24. The smallest absolute Gasteiger partial charge is 0.0552 e. The van der Waals surface area contributed by atoms with Gasteiger partial charge < -0.3 is 10.6 Å². The van der Waals surface area contributed by atoms with Crippen LogP contribution in [0.25, 0.3) is 0 Å². The minimum Gasteiger partial charge on any atom is -0.370 e. The molecule has 3 rings (SSSR count). The van der Waals surface area contributed by atoms with E-state index in [1.165, 1.54) is 30.5 Å². The first kappa shape index (κ1) is 14.1. The van der Waals surface area contributed by atoms with Gasteiger partial charge in [-0.25, -0.2) is 0 Å². The van der Waals surface area contributed by atoms with Gasteiger partial charge in [0.25, 0.3) is 0 Å². The normalized spacial score (nSPS) is 16.1. The third kappa shape index (κ3) is 3.61. The molecule has 0 bridgehead atoms. The molecule has 0 aliphatic carbocycles. The lowest BCUT2D eigenvalue weighted by molar-refractivity contribution is 0.403. The average Bonchev–Trinajstić information content (AvgIpc) is 2.57. The third-order valence-electron chi connectivity index (χ3n) is 4.37. The maximum Gasteiger partial charge on any atom is 0.0552 e. The standard InChI is InChI=1S/C18H23N3/c19-13-17-6-7-18(14-20-17)21-10-8-16(9-11-21)12-15-4-2-1-3-5-15/h1-7,14,16H,8-13,19H2. The maximum absolute atomic E-state index is 5.59. The number of nitrogens with zero attached hydrogens (tertiary/aromatic N) is 2. The summed E-state index contributed by atoms with van der Waals surface area (Å²) in [4.78, 5) is 6.83. The highest BCUT2D eigenvalue weighted by molar-refractivity contribution is 5.44. The van der Waals surface area contributed by atoms with Crippen LogP contribution in [0, 0.1) is 5.92 Å². The second kappa shape index (κ2) is 6.72. The van der Waals surface area contributed by atoms with Gasteiger partial charge in [0.1, 0.15) is 0 Å². The quantitative estimate of drug-likeness (QED) is 0.936. The molecule has 2 N–H and O–H groups in total. The predicted molar refractivity (Wildman–Crippen MR) is 87.2 cm³/mol. The Kier molecular flexibility index (Phi) is 4.51. The van der Waals surface area contributed by atoms with Crippen molar-refractivity contribution in [3.05, 3.63) is 59.9 Å². The molecule has 3 nitrogen and oxygen atoms in total. The zero-order valence-electron chi connectivity index (χ0n) is 12.4. The van der Waals surface area contributed by atoms with Crippen molar-refractivity contribution in [1.82, 2.24) is 4.98 Å². The monoisotopic (exact) mass is 281 g/mol. The predicted octanol–water partition coefficient (Wildman–Crippen LogP) is 3.00. The summed E-state index contributed by atoms with van der Waals surface area (Å²) in [6.45, 7) is 2.77. The van der Waals surface area contributed by atoms with E-state index in [1.54, 1.807) is 0 Å². The van der Waals surface area contributed by atoms with Crippen LogP contribution in [0.5, 0.6) is 0 Å². The summed E-state index contributed by atoms with van der Waals surface area (Å²) in [7, 11) is 0. The Morgan fingerprint density at radius 3 is 2.43 bits per heavy atom. The summed E-state index contributed by atoms with van der Waals surface area (Å²) in [5, 5.41) is 0. The highest BCUT2D eigenvalue weighted by Crippen LogP contribution is 2.25. The fourth-order valence-electron chi connectivity index (χ4n) is 3.07. The van der Waals surface area contributed by atoms with Gasteiger partial charge in [0.05, 0.1) is 17.6 Å². The van der Waals surface area contributed by atoms with Gasteiger partial charge in [-0.1, -0.05) is 30.3 Å². The van der Waals surface area contributed by atoms with E-state index in [-0.39, 0.29) is 0 Å². The molecule has 0 unspecified atom stereocenters. The Morgan fingerprint density at radius 1 is 1.05 bits per heavy atom. The number of benzene rings is 1. The van der Waals surface area contributed by atoms with Crippen LogP contribution in [-0.4, -0.2) is 18.1 Å². The Labute approximate surface area is 126 Å². The maximum atomic E-state index is 5.59. The van der Waals surface area contributed by atoms with Crippen LogP contribution in [0.4, 0.5) is 5.69 Å². The largest absolute Gasteiger partial charge is 0.370 e. The molecule has 1 fully saturated rings. The van der Waals surface area contributed by atoms with Crippen LogP contribution >= 0.6 is 0 Å². The van der Waals surface area contributed by atoms with Crippen LogP contribution in [0.2, 0.25) is 0 Å². The molecular formula is C18H23N3. The number of nitrogens with two attached hydrogens (primary N) is 1. The van der Waals surface area contributed by atoms with Crippen molar-refractivity contribution in [3.63, 3.8) is 0 Å². The van der Waals surface area contributed by atoms with Gasteiger partial charge in [-0.05, 0) is 42.9 Å². The van der Waals surface area contributed by atoms with Crippen molar-refractivity contribution in [1.29, 1.82) is 0 Å². The molecule has 0 atom stereocenters. The molecule has 3 heteroatoms. The van der Waals surface area contributed by atoms with Gasteiger partial charge in [-0.3, -0.25) is 4.98 Å². The van der Waals surface area contributed by atoms with Gasteiger partial charge in [0.2, 0.25) is 0 Å². The van der Waals surface area contributed by atoms with Crippen LogP contribution in [0.3, 0.4) is 0 Å². The van der Waals surface area contributed by atoms with Crippen molar-refractivity contribution >= 4 is 5.69 Å². The minimum atomic E-state index is 0.513. The molecule has 2 aromatic rings. The van der Waals surface area contributed by atoms with E-state index >= 15 is 0 Å². The van der Waals surface area contributed by atoms with Crippen molar-refractivity contribution in [2.75, 3.05) is 18.0 Å². The molecule has 1 aliphatic rings. The highest BCUT2D eigenvalue weighted by Gasteiger charge is 2.19. The number of rotatable bonds is 4. The van der Waals surface area contributed by atoms with Crippen LogP contribution in [-0.2, 0) is 13.0 Å². The Bertz CT molecular complexity index is 542. The van der Waals surface area contributed by atoms with Crippen molar-refractivity contribution < 1.29 is 0 Å². The Balaban J connectivity index is 1.54. The topological polar surface area (TPSA) is 42.1 Å². The number of hydrogen-bond donors (Lipinski definition) is 1. The number of aromatic nitrogens is 1. The van der Waals surface area contributed by atoms with Crippen molar-refractivity contribution in [3.8, 4) is 0 Å². The van der Waals surface area contributed by atoms with Crippen molar-refractivity contribution in [2.24, 2.45) is 11.7 Å². The van der Waals surface area contributed by atoms with Gasteiger partial charge in [0, 0.05) is 19.6 Å². The number of pyridine rings is 1. The SMILES string of the molecule is NCc1ccc(N2CCC(Cc3ccccc3)CC2)cn1. The lowest BCUT2D eigenvalue weighted by Crippen LogP contribution is -2.34. The fraction of sp³-hybridized carbons (Fsp3) is 0.389. The zero-order valence-corrected chi connectivity index (χ0v) is 12.4. The molecule has 0 spiro atoms. The molecule has 0 saturated carbocycles. The first-order valence-electron chi connectivity index (χ1n) is 7.79. The van der Waals surface area contributed by atoms with E-state index in [1.807, 2.05) is 12.3 Å². The summed E-state index contributed by atoms with van der Waals surface area (Å²) in [5.74, 6) is 0.805. The van der Waals surface area contributed by atoms with Gasteiger partial charge >= 0.3 is 0 Å². The molecule has 1 aromatic carbocycles. The average molecular weight is 281 g/mol. The number of hydrogen-bond acceptors (Lipinski definition) is 3. The van der Waals surface area contributed by atoms with Crippen LogP contribution in [0.1, 0.15) is 24.1 Å². The number of piperidine rings is 1. The van der Waals surface area contributed by atoms with E-state index in [0.29, 0.717) is 6.54 Å². The van der Waals surface area contributed by atoms with Crippen LogP contribution < -0.4 is 10.6 Å². The van der Waals surface area contributed by atoms with Crippen molar-refractivity contribution in [2.45, 2.75) is 25.8 Å². The molecule has 1 aromatic heterocycles. The van der Waals surface area contributed by atoms with E-state index in [9.17, 15) is 0 Å². The number of anilines is 1. The Hall–Kier alpha value is -1.87. The van der Waals surface area contributed by atoms with E-state index in [4.69, 9.17) is 5.73 Å². The molecular weight excluding hydrogens is 258 g/mol. The lowest BCUT2D eigenvalue weighted by atomic mass is 9.90. The first-order valence-corrected chi connectivity index (χ1v) is 7.79. The lowest BCUT2D eigenvalue weighted by Gasteiger charge is -2.33. The van der Waals surface area contributed by atoms with Gasteiger partial charge in [-0.2, -0.15) is 0 Å². The zero-order chi connectivity index (χ0) is 14.5. The van der Waals surface area contributed by atoms with Gasteiger partial charge in [-0.15, -0.1) is 0 Å². The first-order chi connectivity index (χ1) is 10.3. The third-order valence-corrected chi connectivity index (χ3v) is 4.37. The molecule has 21 heavy (non-hydrogen) atoms. The molecule has 110 valence electrons. The summed E-state index contributed by atoms with van der Waals surface area (Å²) in [6.07, 6.45) is 5.68. The highest BCUT2D eigenvalue weighted by atomic mass is 15.1. The molecule has 1 saturated heterocycles. The molecule has 2 heterocycles. The van der Waals surface area contributed by atoms with E-state index in [2.05, 4.69) is 46.3 Å². The Morgan fingerprint density at radius 2 is 1.81 bits per heavy atom. The second-order valence-corrected chi connectivity index (χ2v) is 5.83. The minimum absolute atomic E-state index is 0.513. The molecule has 1 aliphatic heterocycles. The van der Waals surface area contributed by atoms with Gasteiger partial charge in [0.15, 0.2) is 0 Å². The summed E-state index contributed by atoms with van der Waals surface area (Å²) < 4.78 is 0. The summed E-state index contributed by atoms with van der Waals surface area (Å²) in [6, 6.07) is 15.0. The van der Waals surface area contributed by atoms with Crippen LogP contribution in [0.15, 0.2) is 48.7 Å². The second-order valence-electron chi connectivity index (χ2n) is 5.83. The fourth-order valence-corrected chi connectivity index (χ4v) is 3.07. The summed E-state index contributed by atoms with van der Waals surface area (Å²) >= 11 is 0.